The predicted molar refractivity (Wildman–Crippen MR) is 55.6 cm³/mol. The van der Waals surface area contributed by atoms with Gasteiger partial charge in [0.15, 0.2) is 0 Å². The predicted octanol–water partition coefficient (Wildman–Crippen LogP) is 2.58. The number of carbonyl (C=O) groups excluding carboxylic acids is 1. The van der Waals surface area contributed by atoms with Crippen molar-refractivity contribution >= 4 is 6.41 Å². The minimum absolute atomic E-state index is 0.0405. The molecule has 0 aromatic carbocycles. The Balaban J connectivity index is 2.56. The Bertz CT molecular complexity index is 258. The first kappa shape index (κ1) is 12.2. The van der Waals surface area contributed by atoms with E-state index in [0.717, 1.165) is 0 Å². The molecular formula is C11H18FNO2. The molecule has 0 saturated carbocycles. The third kappa shape index (κ3) is 4.00. The molecule has 0 bridgehead atoms. The van der Waals surface area contributed by atoms with Crippen LogP contribution in [0, 0.1) is 0 Å². The molecule has 0 heterocycles. The third-order valence-electron chi connectivity index (χ3n) is 2.17. The highest BCUT2D eigenvalue weighted by atomic mass is 19.1. The van der Waals surface area contributed by atoms with Gasteiger partial charge in [0.1, 0.15) is 0 Å². The number of allylic oxidation sites excluding steroid dienone is 1. The highest BCUT2D eigenvalue weighted by Crippen LogP contribution is 2.24. The largest absolute Gasteiger partial charge is 0.276 e. The van der Waals surface area contributed by atoms with E-state index in [4.69, 9.17) is 4.84 Å². The lowest BCUT2D eigenvalue weighted by Crippen LogP contribution is -2.40. The summed E-state index contributed by atoms with van der Waals surface area (Å²) in [6, 6.07) is -0.0405. The fraction of sp³-hybridized carbons (Fsp3) is 0.727. The van der Waals surface area contributed by atoms with Crippen LogP contribution >= 0.6 is 0 Å². The number of hydrogen-bond donors (Lipinski definition) is 0. The van der Waals surface area contributed by atoms with Gasteiger partial charge in [0, 0.05) is 6.42 Å². The summed E-state index contributed by atoms with van der Waals surface area (Å²) in [5.41, 5.74) is -0.402. The maximum Gasteiger partial charge on any atom is 0.233 e. The molecule has 0 saturated heterocycles. The van der Waals surface area contributed by atoms with Crippen molar-refractivity contribution < 1.29 is 14.0 Å². The maximum absolute atomic E-state index is 12.8. The Morgan fingerprint density at radius 2 is 2.27 bits per heavy atom. The Morgan fingerprint density at radius 3 is 2.67 bits per heavy atom. The number of hydrogen-bond acceptors (Lipinski definition) is 2. The maximum atomic E-state index is 12.8. The van der Waals surface area contributed by atoms with Gasteiger partial charge < -0.3 is 0 Å². The van der Waals surface area contributed by atoms with E-state index in [-0.39, 0.29) is 11.9 Å². The van der Waals surface area contributed by atoms with Crippen molar-refractivity contribution in [3.05, 3.63) is 11.9 Å². The number of nitrogens with zero attached hydrogens (tertiary/aromatic N) is 1. The summed E-state index contributed by atoms with van der Waals surface area (Å²) in [4.78, 5) is 16.3. The van der Waals surface area contributed by atoms with Crippen molar-refractivity contribution in [1.29, 1.82) is 0 Å². The summed E-state index contributed by atoms with van der Waals surface area (Å²) < 4.78 is 12.8. The second-order valence-corrected chi connectivity index (χ2v) is 4.75. The lowest BCUT2D eigenvalue weighted by atomic mass is 10.0. The minimum atomic E-state index is -0.402. The average Bonchev–Trinajstić information content (AvgIpc) is 2.14. The van der Waals surface area contributed by atoms with E-state index in [1.165, 1.54) is 11.1 Å². The van der Waals surface area contributed by atoms with Crippen molar-refractivity contribution in [3.8, 4) is 0 Å². The van der Waals surface area contributed by atoms with E-state index in [0.29, 0.717) is 25.7 Å². The molecule has 3 nitrogen and oxygen atoms in total. The molecule has 86 valence electrons. The first-order valence-electron chi connectivity index (χ1n) is 5.19. The van der Waals surface area contributed by atoms with Crippen LogP contribution in [-0.2, 0) is 9.63 Å². The Hall–Kier alpha value is -0.900. The Labute approximate surface area is 89.8 Å². The van der Waals surface area contributed by atoms with E-state index >= 15 is 0 Å². The van der Waals surface area contributed by atoms with Crippen LogP contribution in [0.15, 0.2) is 11.9 Å². The van der Waals surface area contributed by atoms with Crippen LogP contribution in [-0.4, -0.2) is 23.1 Å². The molecule has 0 radical (unpaired) electrons. The fourth-order valence-electron chi connectivity index (χ4n) is 1.52. The number of rotatable bonds is 3. The molecule has 15 heavy (non-hydrogen) atoms. The van der Waals surface area contributed by atoms with Crippen molar-refractivity contribution in [1.82, 2.24) is 5.06 Å². The van der Waals surface area contributed by atoms with Crippen LogP contribution in [0.5, 0.6) is 0 Å². The SMILES string of the molecule is CC(C)(C)ON(C=O)C1CC=C(F)CC1. The zero-order chi connectivity index (χ0) is 11.5. The van der Waals surface area contributed by atoms with Crippen LogP contribution < -0.4 is 0 Å². The summed E-state index contributed by atoms with van der Waals surface area (Å²) in [7, 11) is 0. The van der Waals surface area contributed by atoms with Gasteiger partial charge in [-0.25, -0.2) is 9.45 Å². The lowest BCUT2D eigenvalue weighted by molar-refractivity contribution is -0.233. The quantitative estimate of drug-likeness (QED) is 0.535. The average molecular weight is 215 g/mol. The number of amides is 1. The van der Waals surface area contributed by atoms with E-state index in [2.05, 4.69) is 0 Å². The molecule has 1 aliphatic rings. The van der Waals surface area contributed by atoms with Crippen molar-refractivity contribution in [2.75, 3.05) is 0 Å². The Morgan fingerprint density at radius 1 is 1.60 bits per heavy atom. The normalized spacial score (nSPS) is 22.1. The van der Waals surface area contributed by atoms with E-state index in [1.807, 2.05) is 20.8 Å². The van der Waals surface area contributed by atoms with Crippen LogP contribution in [0.3, 0.4) is 0 Å². The molecule has 0 aromatic rings. The fourth-order valence-corrected chi connectivity index (χ4v) is 1.52. The Kier molecular flexibility index (Phi) is 3.85. The van der Waals surface area contributed by atoms with Gasteiger partial charge in [-0.15, -0.1) is 0 Å². The van der Waals surface area contributed by atoms with Crippen LogP contribution in [0.1, 0.15) is 40.0 Å². The standard InChI is InChI=1S/C11H18FNO2/c1-11(2,3)15-13(8-14)10-6-4-9(12)5-7-10/h4,8,10H,5-7H2,1-3H3. The summed E-state index contributed by atoms with van der Waals surface area (Å²) >= 11 is 0. The zero-order valence-corrected chi connectivity index (χ0v) is 9.50. The molecule has 0 fully saturated rings. The van der Waals surface area contributed by atoms with Gasteiger partial charge in [-0.05, 0) is 33.6 Å². The van der Waals surface area contributed by atoms with Gasteiger partial charge >= 0.3 is 0 Å². The second kappa shape index (κ2) is 4.75. The summed E-state index contributed by atoms with van der Waals surface area (Å²) in [5, 5.41) is 1.31. The molecule has 1 amide bonds. The monoisotopic (exact) mass is 215 g/mol. The molecule has 1 rings (SSSR count). The smallest absolute Gasteiger partial charge is 0.233 e. The van der Waals surface area contributed by atoms with Gasteiger partial charge in [-0.1, -0.05) is 6.08 Å². The third-order valence-corrected chi connectivity index (χ3v) is 2.17. The van der Waals surface area contributed by atoms with Crippen molar-refractivity contribution in [2.45, 2.75) is 51.7 Å². The molecule has 0 spiro atoms. The molecule has 1 aliphatic carbocycles. The van der Waals surface area contributed by atoms with E-state index in [1.54, 1.807) is 0 Å². The molecule has 0 aliphatic heterocycles. The van der Waals surface area contributed by atoms with Crippen LogP contribution in [0.2, 0.25) is 0 Å². The second-order valence-electron chi connectivity index (χ2n) is 4.75. The molecule has 0 aromatic heterocycles. The van der Waals surface area contributed by atoms with Gasteiger partial charge in [0.05, 0.1) is 17.5 Å². The molecule has 1 atom stereocenters. The van der Waals surface area contributed by atoms with Crippen LogP contribution in [0.4, 0.5) is 4.39 Å². The van der Waals surface area contributed by atoms with Gasteiger partial charge in [-0.2, -0.15) is 0 Å². The lowest BCUT2D eigenvalue weighted by Gasteiger charge is -2.33. The molecular weight excluding hydrogens is 197 g/mol. The topological polar surface area (TPSA) is 29.5 Å². The first-order valence-corrected chi connectivity index (χ1v) is 5.19. The number of hydroxylamine groups is 2. The van der Waals surface area contributed by atoms with Gasteiger partial charge in [0.2, 0.25) is 6.41 Å². The highest BCUT2D eigenvalue weighted by molar-refractivity contribution is 5.46. The number of halogens is 1. The van der Waals surface area contributed by atoms with Gasteiger partial charge in [0.25, 0.3) is 0 Å². The number of carbonyl (C=O) groups is 1. The molecule has 0 N–H and O–H groups in total. The summed E-state index contributed by atoms with van der Waals surface area (Å²) in [5.74, 6) is -0.0899. The van der Waals surface area contributed by atoms with E-state index in [9.17, 15) is 9.18 Å². The molecule has 4 heteroatoms. The van der Waals surface area contributed by atoms with Crippen LogP contribution in [0.25, 0.3) is 0 Å². The first-order chi connectivity index (χ1) is 6.92. The minimum Gasteiger partial charge on any atom is -0.276 e. The summed E-state index contributed by atoms with van der Waals surface area (Å²) in [6.45, 7) is 5.63. The zero-order valence-electron chi connectivity index (χ0n) is 9.50. The highest BCUT2D eigenvalue weighted by Gasteiger charge is 2.25. The molecule has 1 unspecified atom stereocenters. The summed E-state index contributed by atoms with van der Waals surface area (Å²) in [6.07, 6.45) is 3.74. The van der Waals surface area contributed by atoms with Gasteiger partial charge in [-0.3, -0.25) is 9.63 Å². The van der Waals surface area contributed by atoms with Crippen molar-refractivity contribution in [2.24, 2.45) is 0 Å². The van der Waals surface area contributed by atoms with E-state index < -0.39 is 5.60 Å². The van der Waals surface area contributed by atoms with Crippen molar-refractivity contribution in [3.63, 3.8) is 0 Å².